The topological polar surface area (TPSA) is 64.3 Å². The quantitative estimate of drug-likeness (QED) is 0.739. The first kappa shape index (κ1) is 8.91. The molecule has 0 radical (unpaired) electrons. The van der Waals surface area contributed by atoms with Gasteiger partial charge in [0.2, 0.25) is 5.88 Å². The number of nitrogens with two attached hydrogens (primary N) is 1. The second-order valence-corrected chi connectivity index (χ2v) is 4.42. The number of nitrogens with zero attached hydrogens (tertiary/aromatic N) is 3. The fourth-order valence-electron chi connectivity index (χ4n) is 2.55. The lowest BCUT2D eigenvalue weighted by atomic mass is 10.0. The zero-order chi connectivity index (χ0) is 10.6. The van der Waals surface area contributed by atoms with Crippen LogP contribution in [0, 0.1) is 5.92 Å². The zero-order valence-corrected chi connectivity index (χ0v) is 8.84. The molecule has 1 aliphatic heterocycles. The molecule has 2 N–H and O–H groups in total. The van der Waals surface area contributed by atoms with Gasteiger partial charge in [0.05, 0.1) is 24.5 Å². The van der Waals surface area contributed by atoms with Crippen LogP contribution in [-0.2, 0) is 0 Å². The van der Waals surface area contributed by atoms with Crippen LogP contribution in [0.5, 0.6) is 5.88 Å². The maximum absolute atomic E-state index is 6.00. The van der Waals surface area contributed by atoms with Gasteiger partial charge in [-0.3, -0.25) is 0 Å². The summed E-state index contributed by atoms with van der Waals surface area (Å²) in [6.07, 6.45) is 1.76. The number of ether oxygens (including phenoxy) is 1. The monoisotopic (exact) mass is 206 g/mol. The van der Waals surface area contributed by atoms with Crippen LogP contribution < -0.4 is 15.4 Å². The van der Waals surface area contributed by atoms with Crippen molar-refractivity contribution in [3.63, 3.8) is 0 Å². The first-order chi connectivity index (χ1) is 7.17. The number of hydrogen-bond acceptors (Lipinski definition) is 5. The Balaban J connectivity index is 1.88. The van der Waals surface area contributed by atoms with Crippen molar-refractivity contribution in [2.75, 3.05) is 18.6 Å². The van der Waals surface area contributed by atoms with Crippen LogP contribution in [-0.4, -0.2) is 35.4 Å². The second kappa shape index (κ2) is 2.61. The van der Waals surface area contributed by atoms with E-state index in [9.17, 15) is 0 Å². The molecule has 15 heavy (non-hydrogen) atoms. The molecule has 1 saturated carbocycles. The molecule has 0 aromatic carbocycles. The summed E-state index contributed by atoms with van der Waals surface area (Å²) in [5, 5.41) is 7.76. The molecule has 3 unspecified atom stereocenters. The molecule has 0 amide bonds. The number of rotatable bonds is 2. The van der Waals surface area contributed by atoms with Gasteiger partial charge < -0.3 is 15.4 Å². The fraction of sp³-hybridized carbons (Fsp3) is 0.600. The van der Waals surface area contributed by atoms with Gasteiger partial charge in [0, 0.05) is 24.6 Å². The lowest BCUT2D eigenvalue weighted by Crippen LogP contribution is -2.49. The first-order valence-corrected chi connectivity index (χ1v) is 5.08. The molecule has 5 nitrogen and oxygen atoms in total. The summed E-state index contributed by atoms with van der Waals surface area (Å²) in [5.74, 6) is 1.20. The largest absolute Gasteiger partial charge is 0.480 e. The summed E-state index contributed by atoms with van der Waals surface area (Å²) in [6.45, 7) is 3.21. The van der Waals surface area contributed by atoms with Gasteiger partial charge in [-0.25, -0.2) is 0 Å². The Morgan fingerprint density at radius 2 is 2.47 bits per heavy atom. The Morgan fingerprint density at radius 1 is 1.67 bits per heavy atom. The predicted octanol–water partition coefficient (Wildman–Crippen LogP) is 0.0210. The molecule has 1 aromatic heterocycles. The van der Waals surface area contributed by atoms with E-state index in [1.807, 2.05) is 6.07 Å². The van der Waals surface area contributed by atoms with Crippen molar-refractivity contribution in [3.8, 4) is 5.88 Å². The highest BCUT2D eigenvalue weighted by Gasteiger charge is 2.71. The van der Waals surface area contributed by atoms with Crippen LogP contribution in [0.4, 0.5) is 5.69 Å². The molecule has 3 rings (SSSR count). The number of methoxy groups -OCH3 is 1. The summed E-state index contributed by atoms with van der Waals surface area (Å²) in [5.41, 5.74) is 7.19. The average Bonchev–Trinajstić information content (AvgIpc) is 2.65. The van der Waals surface area contributed by atoms with Gasteiger partial charge >= 0.3 is 0 Å². The Hall–Kier alpha value is -1.36. The molecule has 80 valence electrons. The van der Waals surface area contributed by atoms with E-state index in [1.54, 1.807) is 13.3 Å². The van der Waals surface area contributed by atoms with Gasteiger partial charge in [0.15, 0.2) is 0 Å². The molecule has 3 atom stereocenters. The third-order valence-electron chi connectivity index (χ3n) is 3.85. The highest BCUT2D eigenvalue weighted by atomic mass is 16.5. The maximum atomic E-state index is 6.00. The summed E-state index contributed by atoms with van der Waals surface area (Å²) in [4.78, 5) is 2.28. The maximum Gasteiger partial charge on any atom is 0.235 e. The number of fused-ring (bicyclic) bond motifs is 1. The lowest BCUT2D eigenvalue weighted by Gasteiger charge is -2.39. The van der Waals surface area contributed by atoms with E-state index in [2.05, 4.69) is 22.0 Å². The lowest BCUT2D eigenvalue weighted by molar-refractivity contribution is 0.390. The fourth-order valence-corrected chi connectivity index (χ4v) is 2.55. The molecule has 2 aliphatic rings. The number of anilines is 1. The van der Waals surface area contributed by atoms with Gasteiger partial charge in [-0.05, 0) is 6.92 Å². The molecule has 0 bridgehead atoms. The molecule has 2 fully saturated rings. The third-order valence-corrected chi connectivity index (χ3v) is 3.85. The molecule has 1 aromatic rings. The predicted molar refractivity (Wildman–Crippen MR) is 55.8 cm³/mol. The summed E-state index contributed by atoms with van der Waals surface area (Å²) in [6, 6.07) is 2.20. The van der Waals surface area contributed by atoms with Crippen LogP contribution in [0.1, 0.15) is 6.92 Å². The van der Waals surface area contributed by atoms with Crippen LogP contribution in [0.2, 0.25) is 0 Å². The van der Waals surface area contributed by atoms with Crippen molar-refractivity contribution in [2.24, 2.45) is 11.7 Å². The van der Waals surface area contributed by atoms with Crippen molar-refractivity contribution in [1.82, 2.24) is 10.2 Å². The zero-order valence-electron chi connectivity index (χ0n) is 8.84. The first-order valence-electron chi connectivity index (χ1n) is 5.08. The minimum absolute atomic E-state index is 0.147. The summed E-state index contributed by atoms with van der Waals surface area (Å²) >= 11 is 0. The highest BCUT2D eigenvalue weighted by molar-refractivity contribution is 5.59. The van der Waals surface area contributed by atoms with E-state index < -0.39 is 0 Å². The van der Waals surface area contributed by atoms with E-state index in [0.717, 1.165) is 12.2 Å². The second-order valence-electron chi connectivity index (χ2n) is 4.42. The van der Waals surface area contributed by atoms with E-state index in [0.29, 0.717) is 17.8 Å². The van der Waals surface area contributed by atoms with Crippen molar-refractivity contribution in [2.45, 2.75) is 18.5 Å². The Kier molecular flexibility index (Phi) is 1.55. The van der Waals surface area contributed by atoms with Crippen molar-refractivity contribution >= 4 is 5.69 Å². The van der Waals surface area contributed by atoms with Crippen LogP contribution in [0.3, 0.4) is 0 Å². The smallest absolute Gasteiger partial charge is 0.235 e. The van der Waals surface area contributed by atoms with E-state index in [1.165, 1.54) is 0 Å². The van der Waals surface area contributed by atoms with Crippen LogP contribution >= 0.6 is 0 Å². The average molecular weight is 206 g/mol. The minimum Gasteiger partial charge on any atom is -0.480 e. The van der Waals surface area contributed by atoms with Crippen molar-refractivity contribution in [1.29, 1.82) is 0 Å². The molecular weight excluding hydrogens is 192 g/mol. The molecule has 1 saturated heterocycles. The van der Waals surface area contributed by atoms with Crippen LogP contribution in [0.15, 0.2) is 12.3 Å². The van der Waals surface area contributed by atoms with E-state index in [4.69, 9.17) is 10.5 Å². The Bertz CT molecular complexity index is 404. The van der Waals surface area contributed by atoms with Gasteiger partial charge in [-0.2, -0.15) is 5.10 Å². The molecule has 2 heterocycles. The van der Waals surface area contributed by atoms with Gasteiger partial charge in [-0.1, -0.05) is 0 Å². The Labute approximate surface area is 88.2 Å². The van der Waals surface area contributed by atoms with E-state index in [-0.39, 0.29) is 5.54 Å². The van der Waals surface area contributed by atoms with Gasteiger partial charge in [-0.15, -0.1) is 5.10 Å². The van der Waals surface area contributed by atoms with Crippen molar-refractivity contribution < 1.29 is 4.74 Å². The van der Waals surface area contributed by atoms with Gasteiger partial charge in [0.1, 0.15) is 0 Å². The summed E-state index contributed by atoms with van der Waals surface area (Å²) < 4.78 is 5.05. The SMILES string of the molecule is COc1cc(N2CC3C(N)C32C)cnn1. The normalized spacial score (nSPS) is 36.9. The Morgan fingerprint density at radius 3 is 3.00 bits per heavy atom. The van der Waals surface area contributed by atoms with Gasteiger partial charge in [0.25, 0.3) is 0 Å². The minimum atomic E-state index is 0.147. The highest BCUT2D eigenvalue weighted by Crippen LogP contribution is 2.57. The summed E-state index contributed by atoms with van der Waals surface area (Å²) in [7, 11) is 1.59. The molecule has 5 heteroatoms. The number of aromatic nitrogens is 2. The number of hydrogen-bond donors (Lipinski definition) is 1. The molecule has 1 aliphatic carbocycles. The van der Waals surface area contributed by atoms with E-state index >= 15 is 0 Å². The molecule has 0 spiro atoms. The third kappa shape index (κ3) is 0.958. The standard InChI is InChI=1S/C10H14N4O/c1-10-7(9(10)11)5-14(10)6-3-8(15-2)13-12-4-6/h3-4,7,9H,5,11H2,1-2H3. The molecular formula is C10H14N4O. The van der Waals surface area contributed by atoms with Crippen molar-refractivity contribution in [3.05, 3.63) is 12.3 Å². The van der Waals surface area contributed by atoms with Crippen LogP contribution in [0.25, 0.3) is 0 Å².